The van der Waals surface area contributed by atoms with Crippen LogP contribution >= 0.6 is 0 Å². The predicted octanol–water partition coefficient (Wildman–Crippen LogP) is -0.171. The number of carboxylic acid groups (broad SMARTS) is 1. The highest BCUT2D eigenvalue weighted by Gasteiger charge is 2.26. The van der Waals surface area contributed by atoms with Gasteiger partial charge in [-0.1, -0.05) is 13.8 Å². The van der Waals surface area contributed by atoms with Gasteiger partial charge in [0.2, 0.25) is 5.91 Å². The number of primary amides is 1. The molecule has 4 nitrogen and oxygen atoms in total. The molecular formula is C6H11NO3. The Kier molecular flexibility index (Phi) is 2.86. The van der Waals surface area contributed by atoms with Gasteiger partial charge in [0.05, 0.1) is 0 Å². The lowest BCUT2D eigenvalue weighted by atomic mass is 9.96. The summed E-state index contributed by atoms with van der Waals surface area (Å²) < 4.78 is 0. The third-order valence-corrected chi connectivity index (χ3v) is 1.24. The van der Waals surface area contributed by atoms with Crippen LogP contribution in [0.2, 0.25) is 0 Å². The van der Waals surface area contributed by atoms with Gasteiger partial charge in [-0.15, -0.1) is 0 Å². The van der Waals surface area contributed by atoms with Crippen molar-refractivity contribution < 1.29 is 14.7 Å². The summed E-state index contributed by atoms with van der Waals surface area (Å²) >= 11 is 0. The Balaban J connectivity index is 4.27. The van der Waals surface area contributed by atoms with Crippen LogP contribution in [0.25, 0.3) is 0 Å². The van der Waals surface area contributed by atoms with Crippen molar-refractivity contribution in [3.8, 4) is 0 Å². The van der Waals surface area contributed by atoms with Gasteiger partial charge in [-0.25, -0.2) is 0 Å². The van der Waals surface area contributed by atoms with E-state index < -0.39 is 17.8 Å². The molecule has 0 saturated carbocycles. The fourth-order valence-electron chi connectivity index (χ4n) is 0.735. The standard InChI is InChI=1S/C6H11NO3/c1-3(2)4(5(7)8)6(9)10/h3-4H,1-2H3,(H2,7,8)(H,9,10)/t4-/m0/s1. The molecule has 0 aromatic heterocycles. The smallest absolute Gasteiger partial charge is 0.316 e. The average molecular weight is 145 g/mol. The fourth-order valence-corrected chi connectivity index (χ4v) is 0.735. The molecule has 1 amide bonds. The Morgan fingerprint density at radius 2 is 1.80 bits per heavy atom. The molecule has 4 heteroatoms. The zero-order valence-corrected chi connectivity index (χ0v) is 6.00. The molecule has 0 aliphatic rings. The van der Waals surface area contributed by atoms with Crippen LogP contribution in [0.1, 0.15) is 13.8 Å². The molecule has 0 aliphatic carbocycles. The Labute approximate surface area is 59.0 Å². The van der Waals surface area contributed by atoms with Gasteiger partial charge in [-0.3, -0.25) is 9.59 Å². The summed E-state index contributed by atoms with van der Waals surface area (Å²) in [4.78, 5) is 20.7. The second-order valence-corrected chi connectivity index (χ2v) is 2.46. The number of nitrogens with two attached hydrogens (primary N) is 1. The first-order valence-corrected chi connectivity index (χ1v) is 2.99. The molecule has 0 aromatic rings. The zero-order chi connectivity index (χ0) is 8.31. The normalized spacial score (nSPS) is 13.1. The molecule has 0 bridgehead atoms. The molecule has 0 rings (SSSR count). The van der Waals surface area contributed by atoms with E-state index in [1.807, 2.05) is 0 Å². The Morgan fingerprint density at radius 3 is 1.80 bits per heavy atom. The number of hydrogen-bond donors (Lipinski definition) is 2. The Bertz CT molecular complexity index is 139. The molecule has 0 spiro atoms. The van der Waals surface area contributed by atoms with Gasteiger partial charge >= 0.3 is 5.97 Å². The third-order valence-electron chi connectivity index (χ3n) is 1.24. The van der Waals surface area contributed by atoms with E-state index in [1.54, 1.807) is 13.8 Å². The van der Waals surface area contributed by atoms with E-state index >= 15 is 0 Å². The second kappa shape index (κ2) is 3.20. The van der Waals surface area contributed by atoms with E-state index in [2.05, 4.69) is 0 Å². The summed E-state index contributed by atoms with van der Waals surface area (Å²) in [5.41, 5.74) is 4.82. The molecule has 1 atom stereocenters. The van der Waals surface area contributed by atoms with Gasteiger partial charge in [-0.05, 0) is 5.92 Å². The largest absolute Gasteiger partial charge is 0.481 e. The van der Waals surface area contributed by atoms with Crippen LogP contribution in [0.3, 0.4) is 0 Å². The zero-order valence-electron chi connectivity index (χ0n) is 6.00. The van der Waals surface area contributed by atoms with Crippen LogP contribution in [-0.2, 0) is 9.59 Å². The highest BCUT2D eigenvalue weighted by Crippen LogP contribution is 2.09. The molecule has 0 aromatic carbocycles. The number of hydrogen-bond acceptors (Lipinski definition) is 2. The number of amides is 1. The number of carbonyl (C=O) groups is 2. The van der Waals surface area contributed by atoms with Crippen molar-refractivity contribution in [2.24, 2.45) is 17.6 Å². The SMILES string of the molecule is CC(C)[C@@H](C(N)=O)C(=O)O. The maximum Gasteiger partial charge on any atom is 0.316 e. The molecule has 0 heterocycles. The molecule has 0 fully saturated rings. The van der Waals surface area contributed by atoms with Crippen LogP contribution in [0.15, 0.2) is 0 Å². The summed E-state index contributed by atoms with van der Waals surface area (Å²) in [6, 6.07) is 0. The maximum atomic E-state index is 10.4. The number of carboxylic acids is 1. The van der Waals surface area contributed by atoms with Gasteiger partial charge in [-0.2, -0.15) is 0 Å². The molecule has 58 valence electrons. The molecule has 0 saturated heterocycles. The highest BCUT2D eigenvalue weighted by molar-refractivity contribution is 5.96. The van der Waals surface area contributed by atoms with E-state index in [4.69, 9.17) is 10.8 Å². The molecular weight excluding hydrogens is 134 g/mol. The minimum Gasteiger partial charge on any atom is -0.481 e. The van der Waals surface area contributed by atoms with E-state index in [0.717, 1.165) is 0 Å². The van der Waals surface area contributed by atoms with Crippen molar-refractivity contribution in [3.63, 3.8) is 0 Å². The summed E-state index contributed by atoms with van der Waals surface area (Å²) in [5, 5.41) is 8.41. The van der Waals surface area contributed by atoms with Crippen molar-refractivity contribution in [3.05, 3.63) is 0 Å². The first-order valence-electron chi connectivity index (χ1n) is 2.99. The molecule has 3 N–H and O–H groups in total. The van der Waals surface area contributed by atoms with Gasteiger partial charge in [0, 0.05) is 0 Å². The van der Waals surface area contributed by atoms with E-state index in [9.17, 15) is 9.59 Å². The van der Waals surface area contributed by atoms with Crippen LogP contribution in [-0.4, -0.2) is 17.0 Å². The lowest BCUT2D eigenvalue weighted by Gasteiger charge is -2.10. The number of aliphatic carboxylic acids is 1. The lowest BCUT2D eigenvalue weighted by Crippen LogP contribution is -2.33. The van der Waals surface area contributed by atoms with Crippen molar-refractivity contribution >= 4 is 11.9 Å². The molecule has 0 radical (unpaired) electrons. The van der Waals surface area contributed by atoms with Crippen LogP contribution in [0.4, 0.5) is 0 Å². The van der Waals surface area contributed by atoms with Gasteiger partial charge in [0.25, 0.3) is 0 Å². The number of rotatable bonds is 3. The van der Waals surface area contributed by atoms with Gasteiger partial charge in [0.1, 0.15) is 5.92 Å². The third kappa shape index (κ3) is 2.05. The van der Waals surface area contributed by atoms with Crippen molar-refractivity contribution in [2.75, 3.05) is 0 Å². The highest BCUT2D eigenvalue weighted by atomic mass is 16.4. The minimum absolute atomic E-state index is 0.241. The van der Waals surface area contributed by atoms with Crippen LogP contribution < -0.4 is 5.73 Å². The second-order valence-electron chi connectivity index (χ2n) is 2.46. The quantitative estimate of drug-likeness (QED) is 0.541. The number of carbonyl (C=O) groups excluding carboxylic acids is 1. The van der Waals surface area contributed by atoms with Crippen LogP contribution in [0, 0.1) is 11.8 Å². The predicted molar refractivity (Wildman–Crippen MR) is 35.2 cm³/mol. The first kappa shape index (κ1) is 8.94. The van der Waals surface area contributed by atoms with E-state index in [0.29, 0.717) is 0 Å². The summed E-state index contributed by atoms with van der Waals surface area (Å²) in [6.07, 6.45) is 0. The van der Waals surface area contributed by atoms with Gasteiger partial charge in [0.15, 0.2) is 0 Å². The summed E-state index contributed by atoms with van der Waals surface area (Å²) in [5.74, 6) is -3.22. The summed E-state index contributed by atoms with van der Waals surface area (Å²) in [7, 11) is 0. The molecule has 10 heavy (non-hydrogen) atoms. The van der Waals surface area contributed by atoms with Crippen molar-refractivity contribution in [1.29, 1.82) is 0 Å². The monoisotopic (exact) mass is 145 g/mol. The minimum atomic E-state index is -1.15. The summed E-state index contributed by atoms with van der Waals surface area (Å²) in [6.45, 7) is 3.28. The Hall–Kier alpha value is -1.06. The Morgan fingerprint density at radius 1 is 1.40 bits per heavy atom. The van der Waals surface area contributed by atoms with E-state index in [-0.39, 0.29) is 5.92 Å². The van der Waals surface area contributed by atoms with Crippen molar-refractivity contribution in [2.45, 2.75) is 13.8 Å². The van der Waals surface area contributed by atoms with Gasteiger partial charge < -0.3 is 10.8 Å². The maximum absolute atomic E-state index is 10.4. The van der Waals surface area contributed by atoms with Crippen molar-refractivity contribution in [1.82, 2.24) is 0 Å². The van der Waals surface area contributed by atoms with E-state index in [1.165, 1.54) is 0 Å². The fraction of sp³-hybridized carbons (Fsp3) is 0.667. The average Bonchev–Trinajstić information content (AvgIpc) is 1.59. The molecule has 0 unspecified atom stereocenters. The first-order chi connectivity index (χ1) is 4.46. The van der Waals surface area contributed by atoms with Crippen LogP contribution in [0.5, 0.6) is 0 Å². The molecule has 0 aliphatic heterocycles. The lowest BCUT2D eigenvalue weighted by molar-refractivity contribution is -0.147. The topological polar surface area (TPSA) is 80.4 Å².